The molecule has 0 spiro atoms. The summed E-state index contributed by atoms with van der Waals surface area (Å²) < 4.78 is 40.9. The van der Waals surface area contributed by atoms with Gasteiger partial charge in [0.1, 0.15) is 5.75 Å². The van der Waals surface area contributed by atoms with Crippen LogP contribution >= 0.6 is 0 Å². The molecule has 0 aliphatic carbocycles. The zero-order valence-electron chi connectivity index (χ0n) is 9.24. The van der Waals surface area contributed by atoms with Gasteiger partial charge in [-0.15, -0.1) is 0 Å². The van der Waals surface area contributed by atoms with Crippen LogP contribution in [0.25, 0.3) is 10.9 Å². The van der Waals surface area contributed by atoms with E-state index in [9.17, 15) is 12.9 Å². The Labute approximate surface area is 139 Å². The van der Waals surface area contributed by atoms with Crippen LogP contribution in [0.1, 0.15) is 0 Å². The summed E-state index contributed by atoms with van der Waals surface area (Å²) in [5, 5.41) is 0.588. The van der Waals surface area contributed by atoms with Crippen LogP contribution in [0.3, 0.4) is 0 Å². The Kier molecular flexibility index (Phi) is 5.46. The number of nitrogens with zero attached hydrogens (tertiary/aromatic N) is 1. The second-order valence-corrected chi connectivity index (χ2v) is 3.35. The van der Waals surface area contributed by atoms with Crippen molar-refractivity contribution in [1.82, 2.24) is 4.98 Å². The number of pyridine rings is 1. The molecule has 0 saturated carbocycles. The average Bonchev–Trinajstić information content (AvgIpc) is 2.25. The molecule has 2 rings (SSSR count). The molecule has 0 bridgehead atoms. The monoisotopic (exact) mass is 265 g/mol. The van der Waals surface area contributed by atoms with Gasteiger partial charge in [-0.1, -0.05) is 6.07 Å². The Morgan fingerprint density at radius 1 is 1.12 bits per heavy atom. The minimum atomic E-state index is -4.93. The maximum atomic E-state index is 12.1. The zero-order valence-corrected chi connectivity index (χ0v) is 12.4. The number of benzene rings is 1. The first kappa shape index (κ1) is 15.0. The molecule has 1 aromatic heterocycles. The number of rotatable bonds is 3. The van der Waals surface area contributed by atoms with Gasteiger partial charge in [-0.2, -0.15) is 0 Å². The summed E-state index contributed by atoms with van der Waals surface area (Å²) in [6.07, 6.45) is 1.58. The van der Waals surface area contributed by atoms with E-state index in [4.69, 9.17) is 4.74 Å². The minimum absolute atomic E-state index is 0. The molecule has 0 N–H and O–H groups in total. The van der Waals surface area contributed by atoms with Gasteiger partial charge in [0, 0.05) is 11.6 Å². The van der Waals surface area contributed by atoms with E-state index in [-0.39, 0.29) is 57.1 Å². The Balaban J connectivity index is 0.00000144. The Bertz CT molecular complexity index is 501. The van der Waals surface area contributed by atoms with Crippen molar-refractivity contribution in [2.24, 2.45) is 0 Å². The first-order chi connectivity index (χ1) is 7.56. The molecule has 0 aliphatic heterocycles. The summed E-state index contributed by atoms with van der Waals surface area (Å²) in [6, 6.07) is 8.19. The number of halogens is 3. The Morgan fingerprint density at radius 2 is 1.88 bits per heavy atom. The third-order valence-corrected chi connectivity index (χ3v) is 2.03. The molecule has 0 atom stereocenters. The normalized spacial score (nSPS) is 11.0. The summed E-state index contributed by atoms with van der Waals surface area (Å²) in [7, 11) is 0. The van der Waals surface area contributed by atoms with Gasteiger partial charge in [-0.3, -0.25) is 4.98 Å². The van der Waals surface area contributed by atoms with Gasteiger partial charge in [0.15, 0.2) is 0 Å². The van der Waals surface area contributed by atoms with E-state index in [1.165, 1.54) is 6.07 Å². The number of aromatic nitrogens is 1. The molecule has 2 aromatic rings. The number of hydrogen-bond donors (Lipinski definition) is 0. The van der Waals surface area contributed by atoms with E-state index in [2.05, 4.69) is 4.98 Å². The van der Waals surface area contributed by atoms with Gasteiger partial charge in [0.05, 0.1) is 12.0 Å². The van der Waals surface area contributed by atoms with Gasteiger partial charge < -0.3 is 17.7 Å². The molecule has 0 amide bonds. The number of fused-ring (bicyclic) bond motifs is 1. The van der Waals surface area contributed by atoms with E-state index in [0.29, 0.717) is 10.9 Å². The van der Waals surface area contributed by atoms with Gasteiger partial charge in [0.25, 0.3) is 0 Å². The van der Waals surface area contributed by atoms with Crippen molar-refractivity contribution in [2.45, 2.75) is 0 Å². The molecule has 17 heavy (non-hydrogen) atoms. The van der Waals surface area contributed by atoms with Crippen molar-refractivity contribution >= 4 is 17.9 Å². The molecule has 84 valence electrons. The molecule has 0 aliphatic rings. The fourth-order valence-electron chi connectivity index (χ4n) is 1.39. The average molecular weight is 265 g/mol. The van der Waals surface area contributed by atoms with Crippen molar-refractivity contribution < 1.29 is 69.1 Å². The van der Waals surface area contributed by atoms with E-state index in [0.717, 1.165) is 0 Å². The summed E-state index contributed by atoms with van der Waals surface area (Å²) in [5.41, 5.74) is 0.620. The van der Waals surface area contributed by atoms with Crippen LogP contribution in [0.15, 0.2) is 36.5 Å². The summed E-state index contributed by atoms with van der Waals surface area (Å²) in [4.78, 5) is 4.03. The first-order valence-corrected chi connectivity index (χ1v) is 4.74. The number of hydrogen-bond acceptors (Lipinski definition) is 2. The molecule has 0 saturated heterocycles. The second kappa shape index (κ2) is 6.19. The Hall–Kier alpha value is -0.0787. The van der Waals surface area contributed by atoms with Crippen molar-refractivity contribution in [3.05, 3.63) is 36.5 Å². The zero-order chi connectivity index (χ0) is 11.6. The third kappa shape index (κ3) is 4.26. The van der Waals surface area contributed by atoms with Crippen molar-refractivity contribution in [1.29, 1.82) is 0 Å². The maximum Gasteiger partial charge on any atom is 1.00 e. The molecule has 1 heterocycles. The van der Waals surface area contributed by atoms with E-state index in [1.807, 2.05) is 0 Å². The molecule has 2 nitrogen and oxygen atoms in total. The molecule has 0 fully saturated rings. The molecular weight excluding hydrogens is 257 g/mol. The van der Waals surface area contributed by atoms with Crippen LogP contribution in [-0.4, -0.2) is 18.5 Å². The van der Waals surface area contributed by atoms with Crippen LogP contribution in [0.4, 0.5) is 12.9 Å². The van der Waals surface area contributed by atoms with Crippen molar-refractivity contribution in [2.75, 3.05) is 6.51 Å². The predicted molar refractivity (Wildman–Crippen MR) is 56.3 cm³/mol. The second-order valence-electron chi connectivity index (χ2n) is 3.35. The predicted octanol–water partition coefficient (Wildman–Crippen LogP) is 0.00420. The van der Waals surface area contributed by atoms with Crippen LogP contribution in [0.5, 0.6) is 5.75 Å². The fraction of sp³-hybridized carbons (Fsp3) is 0.100. The summed E-state index contributed by atoms with van der Waals surface area (Å²) in [6.45, 7) is -6.16. The fourth-order valence-corrected chi connectivity index (χ4v) is 1.39. The van der Waals surface area contributed by atoms with Gasteiger partial charge in [-0.05, 0) is 24.3 Å². The summed E-state index contributed by atoms with van der Waals surface area (Å²) in [5.74, 6) is 0.213. The van der Waals surface area contributed by atoms with Gasteiger partial charge in [-0.25, -0.2) is 0 Å². The molecule has 0 radical (unpaired) electrons. The van der Waals surface area contributed by atoms with Gasteiger partial charge >= 0.3 is 58.4 Å². The van der Waals surface area contributed by atoms with Crippen molar-refractivity contribution in [3.8, 4) is 5.75 Å². The van der Waals surface area contributed by atoms with Crippen LogP contribution in [0, 0.1) is 0 Å². The minimum Gasteiger partial charge on any atom is -0.521 e. The Morgan fingerprint density at radius 3 is 2.59 bits per heavy atom. The third-order valence-electron chi connectivity index (χ3n) is 2.03. The van der Waals surface area contributed by atoms with E-state index in [1.54, 1.807) is 30.5 Å². The SMILES string of the molecule is F[B-](F)(F)COc1cccc2ncccc12.[K+]. The van der Waals surface area contributed by atoms with Crippen LogP contribution in [0.2, 0.25) is 0 Å². The molecule has 7 heteroatoms. The largest absolute Gasteiger partial charge is 1.00 e. The van der Waals surface area contributed by atoms with Crippen LogP contribution < -0.4 is 56.1 Å². The first-order valence-electron chi connectivity index (χ1n) is 4.74. The molecule has 1 aromatic carbocycles. The standard InChI is InChI=1S/C10H8BF3NO.K/c12-11(13,14)7-16-10-5-1-4-9-8(10)3-2-6-15-9;/h1-6H,7H2;/q-1;+1. The van der Waals surface area contributed by atoms with Crippen molar-refractivity contribution in [3.63, 3.8) is 0 Å². The number of ether oxygens (including phenoxy) is 1. The smallest absolute Gasteiger partial charge is 0.521 e. The van der Waals surface area contributed by atoms with E-state index >= 15 is 0 Å². The van der Waals surface area contributed by atoms with E-state index < -0.39 is 13.5 Å². The van der Waals surface area contributed by atoms with Gasteiger partial charge in [0.2, 0.25) is 0 Å². The molecule has 0 unspecified atom stereocenters. The quantitative estimate of drug-likeness (QED) is 0.729. The summed E-state index contributed by atoms with van der Waals surface area (Å²) >= 11 is 0. The maximum absolute atomic E-state index is 12.1. The van der Waals surface area contributed by atoms with Crippen LogP contribution in [-0.2, 0) is 0 Å². The molecular formula is C10H8BF3KNO. The topological polar surface area (TPSA) is 22.1 Å².